The molecular formula is C20H21N3O4. The molecule has 0 aliphatic rings. The molecule has 0 unspecified atom stereocenters. The smallest absolute Gasteiger partial charge is 0.408 e. The minimum Gasteiger partial charge on any atom is -0.408 e. The lowest BCUT2D eigenvalue weighted by Gasteiger charge is -2.19. The highest BCUT2D eigenvalue weighted by atomic mass is 16.4. The highest BCUT2D eigenvalue weighted by Crippen LogP contribution is 2.14. The van der Waals surface area contributed by atoms with Gasteiger partial charge in [-0.3, -0.25) is 14.2 Å². The quantitative estimate of drug-likeness (QED) is 0.726. The Bertz CT molecular complexity index is 1030. The zero-order chi connectivity index (χ0) is 19.4. The molecule has 2 amide bonds. The van der Waals surface area contributed by atoms with Crippen molar-refractivity contribution in [1.82, 2.24) is 9.47 Å². The van der Waals surface area contributed by atoms with Crippen molar-refractivity contribution >= 4 is 28.6 Å². The van der Waals surface area contributed by atoms with Crippen molar-refractivity contribution in [3.8, 4) is 0 Å². The number of benzene rings is 2. The maximum atomic E-state index is 12.4. The summed E-state index contributed by atoms with van der Waals surface area (Å²) < 4.78 is 6.43. The third-order valence-corrected chi connectivity index (χ3v) is 4.29. The van der Waals surface area contributed by atoms with E-state index < -0.39 is 5.76 Å². The van der Waals surface area contributed by atoms with Gasteiger partial charge in [0.2, 0.25) is 11.8 Å². The maximum Gasteiger partial charge on any atom is 0.420 e. The van der Waals surface area contributed by atoms with Crippen molar-refractivity contribution in [2.24, 2.45) is 0 Å². The number of aromatic nitrogens is 1. The first-order valence-electron chi connectivity index (χ1n) is 8.70. The van der Waals surface area contributed by atoms with E-state index in [1.54, 1.807) is 35.2 Å². The van der Waals surface area contributed by atoms with Gasteiger partial charge in [0.25, 0.3) is 0 Å². The minimum atomic E-state index is -0.569. The Morgan fingerprint density at radius 3 is 2.67 bits per heavy atom. The summed E-state index contributed by atoms with van der Waals surface area (Å²) in [5.74, 6) is -0.905. The fraction of sp³-hybridized carbons (Fsp3) is 0.250. The van der Waals surface area contributed by atoms with E-state index >= 15 is 0 Å². The van der Waals surface area contributed by atoms with Gasteiger partial charge in [0.05, 0.1) is 5.52 Å². The molecule has 0 saturated heterocycles. The number of carbonyl (C=O) groups is 2. The number of oxazole rings is 1. The first kappa shape index (κ1) is 18.4. The van der Waals surface area contributed by atoms with Crippen LogP contribution in [0.25, 0.3) is 11.1 Å². The number of amides is 2. The molecule has 27 heavy (non-hydrogen) atoms. The predicted molar refractivity (Wildman–Crippen MR) is 102 cm³/mol. The maximum absolute atomic E-state index is 12.4. The summed E-state index contributed by atoms with van der Waals surface area (Å²) in [4.78, 5) is 37.7. The lowest BCUT2D eigenvalue weighted by molar-refractivity contribution is -0.129. The Balaban J connectivity index is 1.72. The van der Waals surface area contributed by atoms with Crippen molar-refractivity contribution in [3.63, 3.8) is 0 Å². The molecule has 7 heteroatoms. The van der Waals surface area contributed by atoms with Crippen LogP contribution in [0.2, 0.25) is 0 Å². The molecule has 0 aliphatic carbocycles. The molecule has 2 aromatic carbocycles. The molecule has 1 N–H and O–H groups in total. The molecule has 0 atom stereocenters. The Hall–Kier alpha value is -3.35. The standard InChI is InChI=1S/C20H21N3O4/c1-3-22(14(2)24)12-15-7-6-8-16(11-15)21-19(25)13-23-17-9-4-5-10-18(17)27-20(23)26/h4-11H,3,12-13H2,1-2H3,(H,21,25). The normalized spacial score (nSPS) is 10.7. The number of hydrogen-bond donors (Lipinski definition) is 1. The van der Waals surface area contributed by atoms with Gasteiger partial charge >= 0.3 is 5.76 Å². The van der Waals surface area contributed by atoms with Crippen molar-refractivity contribution in [2.45, 2.75) is 26.9 Å². The molecule has 0 aliphatic heterocycles. The number of rotatable bonds is 6. The van der Waals surface area contributed by atoms with Crippen LogP contribution in [0.1, 0.15) is 19.4 Å². The summed E-state index contributed by atoms with van der Waals surface area (Å²) in [5, 5.41) is 2.79. The monoisotopic (exact) mass is 367 g/mol. The average molecular weight is 367 g/mol. The third kappa shape index (κ3) is 4.25. The van der Waals surface area contributed by atoms with E-state index in [9.17, 15) is 14.4 Å². The van der Waals surface area contributed by atoms with Crippen LogP contribution in [0, 0.1) is 0 Å². The molecule has 3 rings (SSSR count). The zero-order valence-electron chi connectivity index (χ0n) is 15.3. The van der Waals surface area contributed by atoms with Gasteiger partial charge in [0.1, 0.15) is 6.54 Å². The van der Waals surface area contributed by atoms with Crippen LogP contribution in [-0.2, 0) is 22.7 Å². The summed E-state index contributed by atoms with van der Waals surface area (Å²) in [7, 11) is 0. The van der Waals surface area contributed by atoms with E-state index in [4.69, 9.17) is 4.42 Å². The van der Waals surface area contributed by atoms with Gasteiger partial charge in [-0.25, -0.2) is 4.79 Å². The Morgan fingerprint density at radius 1 is 1.15 bits per heavy atom. The summed E-state index contributed by atoms with van der Waals surface area (Å²) in [6.45, 7) is 4.39. The number of carbonyl (C=O) groups excluding carboxylic acids is 2. The Morgan fingerprint density at radius 2 is 1.93 bits per heavy atom. The van der Waals surface area contributed by atoms with E-state index in [1.807, 2.05) is 25.1 Å². The lowest BCUT2D eigenvalue weighted by Crippen LogP contribution is -2.28. The fourth-order valence-electron chi connectivity index (χ4n) is 2.92. The minimum absolute atomic E-state index is 0.00171. The summed E-state index contributed by atoms with van der Waals surface area (Å²) in [5.41, 5.74) is 2.54. The molecule has 1 heterocycles. The van der Waals surface area contributed by atoms with Crippen molar-refractivity contribution < 1.29 is 14.0 Å². The van der Waals surface area contributed by atoms with Crippen LogP contribution in [0.4, 0.5) is 5.69 Å². The molecule has 0 spiro atoms. The number of nitrogens with zero attached hydrogens (tertiary/aromatic N) is 2. The predicted octanol–water partition coefficient (Wildman–Crippen LogP) is 2.60. The number of nitrogens with one attached hydrogen (secondary N) is 1. The molecule has 140 valence electrons. The van der Waals surface area contributed by atoms with Gasteiger partial charge in [-0.05, 0) is 36.8 Å². The highest BCUT2D eigenvalue weighted by Gasteiger charge is 2.13. The molecule has 0 fully saturated rings. The van der Waals surface area contributed by atoms with Crippen LogP contribution in [-0.4, -0.2) is 27.8 Å². The van der Waals surface area contributed by atoms with Gasteiger partial charge < -0.3 is 14.6 Å². The van der Waals surface area contributed by atoms with E-state index in [2.05, 4.69) is 5.32 Å². The molecule has 1 aromatic heterocycles. The lowest BCUT2D eigenvalue weighted by atomic mass is 10.2. The summed E-state index contributed by atoms with van der Waals surface area (Å²) >= 11 is 0. The van der Waals surface area contributed by atoms with Gasteiger partial charge in [0.15, 0.2) is 5.58 Å². The van der Waals surface area contributed by atoms with Gasteiger partial charge in [-0.15, -0.1) is 0 Å². The van der Waals surface area contributed by atoms with E-state index in [-0.39, 0.29) is 18.4 Å². The second kappa shape index (κ2) is 7.90. The van der Waals surface area contributed by atoms with Gasteiger partial charge in [-0.1, -0.05) is 24.3 Å². The first-order chi connectivity index (χ1) is 13.0. The number of anilines is 1. The van der Waals surface area contributed by atoms with Crippen molar-refractivity contribution in [3.05, 3.63) is 64.6 Å². The fourth-order valence-corrected chi connectivity index (χ4v) is 2.92. The number of fused-ring (bicyclic) bond motifs is 1. The van der Waals surface area contributed by atoms with Crippen LogP contribution in [0.5, 0.6) is 0 Å². The van der Waals surface area contributed by atoms with Crippen LogP contribution < -0.4 is 11.1 Å². The Kier molecular flexibility index (Phi) is 5.40. The SMILES string of the molecule is CCN(Cc1cccc(NC(=O)Cn2c(=O)oc3ccccc32)c1)C(C)=O. The Labute approximate surface area is 156 Å². The number of hydrogen-bond acceptors (Lipinski definition) is 4. The molecule has 3 aromatic rings. The molecule has 0 saturated carbocycles. The summed E-state index contributed by atoms with van der Waals surface area (Å²) in [6, 6.07) is 14.3. The van der Waals surface area contributed by atoms with E-state index in [0.717, 1.165) is 5.56 Å². The molecule has 7 nitrogen and oxygen atoms in total. The van der Waals surface area contributed by atoms with Crippen molar-refractivity contribution in [2.75, 3.05) is 11.9 Å². The molecular weight excluding hydrogens is 346 g/mol. The number of para-hydroxylation sites is 2. The van der Waals surface area contributed by atoms with Crippen LogP contribution >= 0.6 is 0 Å². The van der Waals surface area contributed by atoms with Crippen LogP contribution in [0.3, 0.4) is 0 Å². The zero-order valence-corrected chi connectivity index (χ0v) is 15.3. The average Bonchev–Trinajstić information content (AvgIpc) is 2.95. The highest BCUT2D eigenvalue weighted by molar-refractivity contribution is 5.91. The molecule has 0 bridgehead atoms. The largest absolute Gasteiger partial charge is 0.420 e. The van der Waals surface area contributed by atoms with E-state index in [0.29, 0.717) is 29.9 Å². The molecule has 0 radical (unpaired) electrons. The second-order valence-corrected chi connectivity index (χ2v) is 6.20. The van der Waals surface area contributed by atoms with Crippen LogP contribution in [0.15, 0.2) is 57.7 Å². The second-order valence-electron chi connectivity index (χ2n) is 6.20. The van der Waals surface area contributed by atoms with Crippen molar-refractivity contribution in [1.29, 1.82) is 0 Å². The van der Waals surface area contributed by atoms with E-state index in [1.165, 1.54) is 11.5 Å². The third-order valence-electron chi connectivity index (χ3n) is 4.29. The van der Waals surface area contributed by atoms with Gasteiger partial charge in [-0.2, -0.15) is 0 Å². The topological polar surface area (TPSA) is 84.6 Å². The first-order valence-corrected chi connectivity index (χ1v) is 8.70. The summed E-state index contributed by atoms with van der Waals surface area (Å²) in [6.07, 6.45) is 0. The van der Waals surface area contributed by atoms with Gasteiger partial charge in [0, 0.05) is 25.7 Å².